The van der Waals surface area contributed by atoms with Crippen molar-refractivity contribution >= 4 is 17.2 Å². The summed E-state index contributed by atoms with van der Waals surface area (Å²) >= 11 is 1.48. The number of carbonyl (C=O) groups excluding carboxylic acids is 1. The van der Waals surface area contributed by atoms with Gasteiger partial charge in [0.1, 0.15) is 5.75 Å². The van der Waals surface area contributed by atoms with E-state index in [0.717, 1.165) is 22.7 Å². The molecule has 0 N–H and O–H groups in total. The number of benzene rings is 3. The van der Waals surface area contributed by atoms with Crippen LogP contribution in [0.5, 0.6) is 5.75 Å². The normalized spacial score (nSPS) is 14.8. The molecule has 1 amide bonds. The zero-order valence-electron chi connectivity index (χ0n) is 19.3. The molecule has 0 unspecified atom stereocenters. The van der Waals surface area contributed by atoms with E-state index in [0.29, 0.717) is 16.3 Å². The summed E-state index contributed by atoms with van der Waals surface area (Å²) in [5.74, 6) is 1.22. The summed E-state index contributed by atoms with van der Waals surface area (Å²) < 4.78 is 7.40. The Labute approximate surface area is 204 Å². The largest absolute Gasteiger partial charge is 0.497 e. The van der Waals surface area contributed by atoms with Crippen LogP contribution in [0.25, 0.3) is 16.9 Å². The van der Waals surface area contributed by atoms with Crippen LogP contribution < -0.4 is 9.54 Å². The molecule has 4 nitrogen and oxygen atoms in total. The lowest BCUT2D eigenvalue weighted by Gasteiger charge is -2.22. The van der Waals surface area contributed by atoms with E-state index in [2.05, 4.69) is 39.2 Å². The summed E-state index contributed by atoms with van der Waals surface area (Å²) in [4.78, 5) is 18.0. The Morgan fingerprint density at radius 2 is 1.62 bits per heavy atom. The molecule has 0 spiro atoms. The van der Waals surface area contributed by atoms with Gasteiger partial charge in [0.2, 0.25) is 0 Å². The minimum Gasteiger partial charge on any atom is -0.497 e. The van der Waals surface area contributed by atoms with Crippen LogP contribution in [-0.2, 0) is 0 Å². The average Bonchev–Trinajstić information content (AvgIpc) is 3.33. The van der Waals surface area contributed by atoms with E-state index < -0.39 is 0 Å². The third kappa shape index (κ3) is 4.75. The molecule has 1 aliphatic rings. The summed E-state index contributed by atoms with van der Waals surface area (Å²) in [6.07, 6.45) is 6.59. The van der Waals surface area contributed by atoms with Crippen LogP contribution in [0, 0.1) is 0 Å². The molecule has 3 aromatic carbocycles. The SMILES string of the molecule is COc1ccc(-n2c(-c3ccc(C4CCCCC4)cc3)csc2=NC(=O)c2ccccc2)cc1. The Morgan fingerprint density at radius 3 is 2.29 bits per heavy atom. The molecule has 4 aromatic rings. The van der Waals surface area contributed by atoms with Crippen molar-refractivity contribution < 1.29 is 9.53 Å². The first-order chi connectivity index (χ1) is 16.7. The fourth-order valence-corrected chi connectivity index (χ4v) is 5.57. The standard InChI is InChI=1S/C29H28N2O2S/c1-33-26-18-16-25(17-19-26)31-27(20-34-29(31)30-28(32)24-10-6-3-7-11-24)23-14-12-22(13-15-23)21-8-4-2-5-9-21/h3,6-7,10-21H,2,4-5,8-9H2,1H3. The van der Waals surface area contributed by atoms with Crippen LogP contribution in [0.1, 0.15) is 53.9 Å². The number of aromatic nitrogens is 1. The first-order valence-electron chi connectivity index (χ1n) is 11.8. The van der Waals surface area contributed by atoms with Crippen LogP contribution in [-0.4, -0.2) is 17.6 Å². The van der Waals surface area contributed by atoms with Crippen molar-refractivity contribution in [2.45, 2.75) is 38.0 Å². The number of ether oxygens (including phenoxy) is 1. The molecule has 34 heavy (non-hydrogen) atoms. The second kappa shape index (κ2) is 10.2. The van der Waals surface area contributed by atoms with Gasteiger partial charge in [-0.15, -0.1) is 11.3 Å². The van der Waals surface area contributed by atoms with E-state index in [-0.39, 0.29) is 5.91 Å². The number of rotatable bonds is 5. The maximum absolute atomic E-state index is 12.9. The predicted octanol–water partition coefficient (Wildman–Crippen LogP) is 7.00. The lowest BCUT2D eigenvalue weighted by Crippen LogP contribution is -2.16. The Kier molecular flexibility index (Phi) is 6.72. The van der Waals surface area contributed by atoms with Crippen molar-refractivity contribution in [3.63, 3.8) is 0 Å². The molecule has 0 aliphatic heterocycles. The maximum Gasteiger partial charge on any atom is 0.279 e. The third-order valence-corrected chi connectivity index (χ3v) is 7.37. The van der Waals surface area contributed by atoms with E-state index in [4.69, 9.17) is 4.74 Å². The molecule has 1 heterocycles. The minimum absolute atomic E-state index is 0.246. The molecule has 1 fully saturated rings. The number of nitrogens with zero attached hydrogens (tertiary/aromatic N) is 2. The fourth-order valence-electron chi connectivity index (χ4n) is 4.67. The number of hydrogen-bond donors (Lipinski definition) is 0. The van der Waals surface area contributed by atoms with Gasteiger partial charge in [-0.1, -0.05) is 61.7 Å². The summed E-state index contributed by atoms with van der Waals surface area (Å²) in [7, 11) is 1.66. The number of methoxy groups -OCH3 is 1. The molecule has 1 aromatic heterocycles. The molecule has 0 radical (unpaired) electrons. The topological polar surface area (TPSA) is 43.6 Å². The van der Waals surface area contributed by atoms with Crippen LogP contribution in [0.3, 0.4) is 0 Å². The van der Waals surface area contributed by atoms with Gasteiger partial charge in [-0.05, 0) is 66.3 Å². The lowest BCUT2D eigenvalue weighted by atomic mass is 9.84. The first-order valence-corrected chi connectivity index (χ1v) is 12.7. The molecule has 1 saturated carbocycles. The van der Waals surface area contributed by atoms with Crippen molar-refractivity contribution in [2.24, 2.45) is 4.99 Å². The van der Waals surface area contributed by atoms with E-state index >= 15 is 0 Å². The van der Waals surface area contributed by atoms with E-state index in [9.17, 15) is 4.79 Å². The molecule has 0 bridgehead atoms. The highest BCUT2D eigenvalue weighted by Crippen LogP contribution is 2.34. The van der Waals surface area contributed by atoms with Crippen molar-refractivity contribution in [3.8, 4) is 22.7 Å². The second-order valence-electron chi connectivity index (χ2n) is 8.68. The van der Waals surface area contributed by atoms with Gasteiger partial charge < -0.3 is 4.74 Å². The Balaban J connectivity index is 1.57. The third-order valence-electron chi connectivity index (χ3n) is 6.54. The minimum atomic E-state index is -0.246. The van der Waals surface area contributed by atoms with Crippen LogP contribution in [0.15, 0.2) is 89.2 Å². The molecular weight excluding hydrogens is 440 g/mol. The summed E-state index contributed by atoms with van der Waals surface area (Å²) in [6, 6.07) is 26.0. The molecule has 5 rings (SSSR count). The van der Waals surface area contributed by atoms with Gasteiger partial charge in [-0.2, -0.15) is 4.99 Å². The number of carbonyl (C=O) groups is 1. The molecule has 0 atom stereocenters. The van der Waals surface area contributed by atoms with Crippen LogP contribution >= 0.6 is 11.3 Å². The number of hydrogen-bond acceptors (Lipinski definition) is 3. The highest BCUT2D eigenvalue weighted by Gasteiger charge is 2.17. The van der Waals surface area contributed by atoms with Gasteiger partial charge in [-0.25, -0.2) is 0 Å². The van der Waals surface area contributed by atoms with Gasteiger partial charge in [0.05, 0.1) is 12.8 Å². The maximum atomic E-state index is 12.9. The summed E-state index contributed by atoms with van der Waals surface area (Å²) in [5, 5.41) is 2.08. The van der Waals surface area contributed by atoms with Gasteiger partial charge in [0.15, 0.2) is 4.80 Å². The highest BCUT2D eigenvalue weighted by molar-refractivity contribution is 7.07. The second-order valence-corrected chi connectivity index (χ2v) is 9.51. The van der Waals surface area contributed by atoms with E-state index in [1.165, 1.54) is 49.0 Å². The Bertz CT molecular complexity index is 1310. The van der Waals surface area contributed by atoms with Crippen molar-refractivity contribution in [1.29, 1.82) is 0 Å². The monoisotopic (exact) mass is 468 g/mol. The zero-order chi connectivity index (χ0) is 23.3. The van der Waals surface area contributed by atoms with Crippen LogP contribution in [0.4, 0.5) is 0 Å². The smallest absolute Gasteiger partial charge is 0.279 e. The van der Waals surface area contributed by atoms with Gasteiger partial charge in [0, 0.05) is 16.6 Å². The molecule has 0 saturated heterocycles. The Morgan fingerprint density at radius 1 is 0.912 bits per heavy atom. The number of amides is 1. The van der Waals surface area contributed by atoms with Gasteiger partial charge in [0.25, 0.3) is 5.91 Å². The molecule has 1 aliphatic carbocycles. The van der Waals surface area contributed by atoms with E-state index in [1.807, 2.05) is 42.5 Å². The molecular formula is C29H28N2O2S. The van der Waals surface area contributed by atoms with Gasteiger partial charge >= 0.3 is 0 Å². The van der Waals surface area contributed by atoms with Crippen molar-refractivity contribution in [3.05, 3.63) is 100 Å². The van der Waals surface area contributed by atoms with Crippen LogP contribution in [0.2, 0.25) is 0 Å². The van der Waals surface area contributed by atoms with E-state index in [1.54, 1.807) is 19.2 Å². The summed E-state index contributed by atoms with van der Waals surface area (Å²) in [6.45, 7) is 0. The fraction of sp³-hybridized carbons (Fsp3) is 0.241. The lowest BCUT2D eigenvalue weighted by molar-refractivity contribution is 0.0998. The molecule has 172 valence electrons. The predicted molar refractivity (Wildman–Crippen MR) is 138 cm³/mol. The zero-order valence-corrected chi connectivity index (χ0v) is 20.1. The first kappa shape index (κ1) is 22.4. The molecule has 5 heteroatoms. The van der Waals surface area contributed by atoms with Gasteiger partial charge in [-0.3, -0.25) is 9.36 Å². The highest BCUT2D eigenvalue weighted by atomic mass is 32.1. The van der Waals surface area contributed by atoms with Crippen molar-refractivity contribution in [1.82, 2.24) is 4.57 Å². The summed E-state index contributed by atoms with van der Waals surface area (Å²) in [5.41, 5.74) is 5.08. The Hall–Kier alpha value is -3.44. The average molecular weight is 469 g/mol. The quantitative estimate of drug-likeness (QED) is 0.316. The van der Waals surface area contributed by atoms with Crippen molar-refractivity contribution in [2.75, 3.05) is 7.11 Å². The number of thiazole rings is 1.